The van der Waals surface area contributed by atoms with Crippen LogP contribution in [-0.4, -0.2) is 57.8 Å². The molecule has 3 atom stereocenters. The lowest BCUT2D eigenvalue weighted by Gasteiger charge is -2.25. The molecule has 35 heavy (non-hydrogen) atoms. The summed E-state index contributed by atoms with van der Waals surface area (Å²) < 4.78 is 68.7. The first-order valence-corrected chi connectivity index (χ1v) is 11.8. The van der Waals surface area contributed by atoms with E-state index in [1.165, 1.54) is 0 Å². The lowest BCUT2D eigenvalue weighted by Crippen LogP contribution is -2.37. The molecule has 0 aromatic heterocycles. The van der Waals surface area contributed by atoms with Crippen LogP contribution >= 0.6 is 0 Å². The maximum absolute atomic E-state index is 14.0. The van der Waals surface area contributed by atoms with Crippen LogP contribution in [0.4, 0.5) is 22.0 Å². The number of aliphatic hydroxyl groups is 1. The number of benzene rings is 1. The van der Waals surface area contributed by atoms with Gasteiger partial charge in [-0.05, 0) is 37.7 Å². The monoisotopic (exact) mass is 505 g/mol. The number of carbonyl (C=O) groups is 2. The average molecular weight is 506 g/mol. The van der Waals surface area contributed by atoms with E-state index < -0.39 is 48.5 Å². The molecular formula is C25H32F5NO4. The molecule has 0 saturated carbocycles. The standard InChI is InChI=1S/C25H32F5NO4/c26-24(27)17-19(31(23(24)35)16-7-2-1-6-13-22(33)34)14-15-21(32)20(25(28,29)30)12-8-11-18-9-4-3-5-10-18/h3-5,9-10,14-15,19-21,32H,1-2,6-8,11-13,16-17H2,(H,33,34)/t19-,20-,21+/m0/s1. The molecule has 1 heterocycles. The van der Waals surface area contributed by atoms with Crippen molar-refractivity contribution in [3.63, 3.8) is 0 Å². The van der Waals surface area contributed by atoms with Gasteiger partial charge in [0.15, 0.2) is 0 Å². The second kappa shape index (κ2) is 13.0. The molecule has 2 rings (SSSR count). The minimum Gasteiger partial charge on any atom is -0.481 e. The van der Waals surface area contributed by atoms with Gasteiger partial charge in [-0.1, -0.05) is 55.3 Å². The van der Waals surface area contributed by atoms with E-state index in [2.05, 4.69) is 0 Å². The Kier molecular flexibility index (Phi) is 10.7. The highest BCUT2D eigenvalue weighted by molar-refractivity contribution is 5.86. The fraction of sp³-hybridized carbons (Fsp3) is 0.600. The van der Waals surface area contributed by atoms with E-state index in [0.29, 0.717) is 32.1 Å². The number of aryl methyl sites for hydroxylation is 1. The molecule has 0 radical (unpaired) electrons. The third-order valence-electron chi connectivity index (χ3n) is 6.17. The topological polar surface area (TPSA) is 77.8 Å². The van der Waals surface area contributed by atoms with Gasteiger partial charge in [-0.25, -0.2) is 0 Å². The van der Waals surface area contributed by atoms with Crippen LogP contribution in [0.1, 0.15) is 56.9 Å². The molecule has 1 fully saturated rings. The fourth-order valence-corrected chi connectivity index (χ4v) is 4.25. The normalized spacial score (nSPS) is 19.9. The van der Waals surface area contributed by atoms with Gasteiger partial charge >= 0.3 is 18.1 Å². The van der Waals surface area contributed by atoms with E-state index in [4.69, 9.17) is 5.11 Å². The first kappa shape index (κ1) is 28.7. The van der Waals surface area contributed by atoms with Crippen LogP contribution in [-0.2, 0) is 16.0 Å². The van der Waals surface area contributed by atoms with E-state index in [9.17, 15) is 36.6 Å². The summed E-state index contributed by atoms with van der Waals surface area (Å²) in [5.41, 5.74) is 0.878. The van der Waals surface area contributed by atoms with E-state index in [1.807, 2.05) is 0 Å². The zero-order valence-corrected chi connectivity index (χ0v) is 19.4. The summed E-state index contributed by atoms with van der Waals surface area (Å²) >= 11 is 0. The van der Waals surface area contributed by atoms with Crippen molar-refractivity contribution in [3.8, 4) is 0 Å². The number of unbranched alkanes of at least 4 members (excludes halogenated alkanes) is 3. The van der Waals surface area contributed by atoms with E-state index in [0.717, 1.165) is 22.6 Å². The van der Waals surface area contributed by atoms with Crippen molar-refractivity contribution >= 4 is 11.9 Å². The maximum atomic E-state index is 14.0. The maximum Gasteiger partial charge on any atom is 0.394 e. The third-order valence-corrected chi connectivity index (χ3v) is 6.17. The molecule has 0 aliphatic carbocycles. The molecule has 0 spiro atoms. The first-order chi connectivity index (χ1) is 16.4. The van der Waals surface area contributed by atoms with Crippen LogP contribution in [0.5, 0.6) is 0 Å². The molecule has 5 nitrogen and oxygen atoms in total. The molecular weight excluding hydrogens is 473 g/mol. The number of likely N-dealkylation sites (tertiary alicyclic amines) is 1. The molecule has 1 saturated heterocycles. The number of aliphatic hydroxyl groups excluding tert-OH is 1. The van der Waals surface area contributed by atoms with E-state index in [1.54, 1.807) is 30.3 Å². The molecule has 2 N–H and O–H groups in total. The molecule has 1 aliphatic heterocycles. The Morgan fingerprint density at radius 3 is 2.40 bits per heavy atom. The van der Waals surface area contributed by atoms with Crippen molar-refractivity contribution in [3.05, 3.63) is 48.0 Å². The van der Waals surface area contributed by atoms with Crippen molar-refractivity contribution in [2.24, 2.45) is 5.92 Å². The van der Waals surface area contributed by atoms with Gasteiger partial charge in [-0.15, -0.1) is 0 Å². The highest BCUT2D eigenvalue weighted by atomic mass is 19.4. The van der Waals surface area contributed by atoms with Gasteiger partial charge in [0.25, 0.3) is 5.91 Å². The fourth-order valence-electron chi connectivity index (χ4n) is 4.25. The third kappa shape index (κ3) is 9.23. The van der Waals surface area contributed by atoms with Crippen LogP contribution in [0.25, 0.3) is 0 Å². The van der Waals surface area contributed by atoms with Gasteiger partial charge in [0.1, 0.15) is 0 Å². The van der Waals surface area contributed by atoms with Crippen LogP contribution in [0.3, 0.4) is 0 Å². The Bertz CT molecular complexity index is 844. The molecule has 0 bridgehead atoms. The molecule has 1 aliphatic rings. The predicted octanol–water partition coefficient (Wildman–Crippen LogP) is 5.38. The number of halogens is 5. The Balaban J connectivity index is 1.96. The number of alkyl halides is 5. The number of rotatable bonds is 14. The molecule has 196 valence electrons. The Morgan fingerprint density at radius 1 is 1.11 bits per heavy atom. The van der Waals surface area contributed by atoms with Gasteiger partial charge in [0.2, 0.25) is 0 Å². The average Bonchev–Trinajstić information content (AvgIpc) is 2.99. The van der Waals surface area contributed by atoms with Crippen LogP contribution < -0.4 is 0 Å². The summed E-state index contributed by atoms with van der Waals surface area (Å²) in [5.74, 6) is -7.99. The number of hydrogen-bond donors (Lipinski definition) is 2. The number of amides is 1. The zero-order chi connectivity index (χ0) is 26.1. The Labute approximate surface area is 201 Å². The summed E-state index contributed by atoms with van der Waals surface area (Å²) in [5, 5.41) is 18.9. The second-order valence-electron chi connectivity index (χ2n) is 8.93. The second-order valence-corrected chi connectivity index (χ2v) is 8.93. The molecule has 1 aromatic carbocycles. The van der Waals surface area contributed by atoms with E-state index in [-0.39, 0.29) is 25.8 Å². The molecule has 1 amide bonds. The van der Waals surface area contributed by atoms with Gasteiger partial charge in [0, 0.05) is 19.4 Å². The molecule has 1 aromatic rings. The van der Waals surface area contributed by atoms with Gasteiger partial charge in [-0.2, -0.15) is 22.0 Å². The SMILES string of the molecule is O=C(O)CCCCCCN1C(=O)C(F)(F)C[C@@H]1C=C[C@@H](O)[C@H](CCCc1ccccc1)C(F)(F)F. The summed E-state index contributed by atoms with van der Waals surface area (Å²) in [7, 11) is 0. The lowest BCUT2D eigenvalue weighted by atomic mass is 9.93. The largest absolute Gasteiger partial charge is 0.481 e. The summed E-state index contributed by atoms with van der Waals surface area (Å²) in [4.78, 5) is 23.5. The van der Waals surface area contributed by atoms with Gasteiger partial charge in [-0.3, -0.25) is 9.59 Å². The van der Waals surface area contributed by atoms with Crippen molar-refractivity contribution < 1.29 is 41.8 Å². The predicted molar refractivity (Wildman–Crippen MR) is 120 cm³/mol. The minimum atomic E-state index is -4.68. The number of carboxylic acid groups (broad SMARTS) is 1. The smallest absolute Gasteiger partial charge is 0.394 e. The highest BCUT2D eigenvalue weighted by Crippen LogP contribution is 2.36. The number of carbonyl (C=O) groups excluding carboxylic acids is 1. The van der Waals surface area contributed by atoms with Crippen molar-refractivity contribution in [2.45, 2.75) is 82.0 Å². The first-order valence-electron chi connectivity index (χ1n) is 11.8. The number of carboxylic acids is 1. The Morgan fingerprint density at radius 2 is 1.77 bits per heavy atom. The Hall–Kier alpha value is -2.49. The van der Waals surface area contributed by atoms with Crippen LogP contribution in [0.2, 0.25) is 0 Å². The van der Waals surface area contributed by atoms with Crippen molar-refractivity contribution in [1.29, 1.82) is 0 Å². The van der Waals surface area contributed by atoms with Gasteiger partial charge < -0.3 is 15.1 Å². The number of hydrogen-bond acceptors (Lipinski definition) is 3. The minimum absolute atomic E-state index is 0.00428. The van der Waals surface area contributed by atoms with Crippen molar-refractivity contribution in [2.75, 3.05) is 6.54 Å². The van der Waals surface area contributed by atoms with Crippen molar-refractivity contribution in [1.82, 2.24) is 4.90 Å². The van der Waals surface area contributed by atoms with E-state index >= 15 is 0 Å². The number of aliphatic carboxylic acids is 1. The summed E-state index contributed by atoms with van der Waals surface area (Å²) in [6.07, 6.45) is -3.38. The summed E-state index contributed by atoms with van der Waals surface area (Å²) in [6.45, 7) is -0.0215. The van der Waals surface area contributed by atoms with Crippen LogP contribution in [0, 0.1) is 5.92 Å². The zero-order valence-electron chi connectivity index (χ0n) is 19.4. The summed E-state index contributed by atoms with van der Waals surface area (Å²) in [6, 6.07) is 7.86. The quantitative estimate of drug-likeness (QED) is 0.202. The number of nitrogens with zero attached hydrogens (tertiary/aromatic N) is 1. The molecule has 0 unspecified atom stereocenters. The highest BCUT2D eigenvalue weighted by Gasteiger charge is 2.52. The van der Waals surface area contributed by atoms with Crippen LogP contribution in [0.15, 0.2) is 42.5 Å². The molecule has 10 heteroatoms. The lowest BCUT2D eigenvalue weighted by molar-refractivity contribution is -0.195. The van der Waals surface area contributed by atoms with Gasteiger partial charge in [0.05, 0.1) is 18.1 Å².